The van der Waals surface area contributed by atoms with Crippen LogP contribution >= 0.6 is 0 Å². The summed E-state index contributed by atoms with van der Waals surface area (Å²) in [6.07, 6.45) is 6.03. The molecule has 2 heterocycles. The number of benzene rings is 1. The van der Waals surface area contributed by atoms with Crippen LogP contribution in [0.5, 0.6) is 0 Å². The van der Waals surface area contributed by atoms with Gasteiger partial charge in [0.1, 0.15) is 0 Å². The fourth-order valence-electron chi connectivity index (χ4n) is 4.18. The van der Waals surface area contributed by atoms with Crippen molar-refractivity contribution in [1.29, 1.82) is 0 Å². The van der Waals surface area contributed by atoms with Crippen molar-refractivity contribution in [1.82, 2.24) is 20.4 Å². The Labute approximate surface area is 169 Å². The van der Waals surface area contributed by atoms with E-state index in [1.807, 2.05) is 11.0 Å². The molecular weight excluding hydrogens is 350 g/mol. The number of fused-ring (bicyclic) bond motifs is 1. The third-order valence-electron chi connectivity index (χ3n) is 5.97. The van der Waals surface area contributed by atoms with E-state index >= 15 is 0 Å². The Balaban J connectivity index is 1.35. The number of likely N-dealkylation sites (tertiary alicyclic amines) is 1. The monoisotopic (exact) mass is 385 g/mol. The molecule has 1 fully saturated rings. The lowest BCUT2D eigenvalue weighted by molar-refractivity contribution is -0.130. The number of nitrogens with zero attached hydrogens (tertiary/aromatic N) is 3. The van der Waals surface area contributed by atoms with Crippen LogP contribution in [0, 0.1) is 0 Å². The summed E-state index contributed by atoms with van der Waals surface area (Å²) in [7, 11) is 1.75. The van der Waals surface area contributed by atoms with Crippen LogP contribution in [0.25, 0.3) is 0 Å². The molecule has 1 saturated heterocycles. The Morgan fingerprint density at radius 3 is 2.79 bits per heavy atom. The molecule has 1 aromatic carbocycles. The van der Waals surface area contributed by atoms with E-state index in [1.54, 1.807) is 7.05 Å². The molecule has 6 nitrogen and oxygen atoms in total. The van der Waals surface area contributed by atoms with Gasteiger partial charge in [-0.15, -0.1) is 0 Å². The Kier molecular flexibility index (Phi) is 7.71. The van der Waals surface area contributed by atoms with Gasteiger partial charge in [-0.05, 0) is 50.3 Å². The SMILES string of the molecule is CN=C(NCCCN1CCCCC1C)NCC(=O)N1CCc2ccccc2C1. The van der Waals surface area contributed by atoms with E-state index in [2.05, 4.69) is 45.6 Å². The standard InChI is InChI=1S/C22H35N5O/c1-18-8-5-6-13-26(18)14-7-12-24-22(23-2)25-16-21(28)27-15-11-19-9-3-4-10-20(19)17-27/h3-4,9-10,18H,5-8,11-17H2,1-2H3,(H2,23,24,25). The lowest BCUT2D eigenvalue weighted by atomic mass is 10.00. The van der Waals surface area contributed by atoms with Crippen LogP contribution in [-0.4, -0.2) is 67.5 Å². The number of piperidine rings is 1. The van der Waals surface area contributed by atoms with Crippen molar-refractivity contribution in [3.63, 3.8) is 0 Å². The molecule has 1 unspecified atom stereocenters. The van der Waals surface area contributed by atoms with Crippen molar-refractivity contribution in [2.75, 3.05) is 39.8 Å². The fraction of sp³-hybridized carbons (Fsp3) is 0.636. The average molecular weight is 386 g/mol. The van der Waals surface area contributed by atoms with Crippen molar-refractivity contribution in [3.8, 4) is 0 Å². The minimum Gasteiger partial charge on any atom is -0.356 e. The molecule has 0 bridgehead atoms. The smallest absolute Gasteiger partial charge is 0.242 e. The van der Waals surface area contributed by atoms with Crippen LogP contribution in [0.1, 0.15) is 43.7 Å². The second kappa shape index (κ2) is 10.5. The molecule has 154 valence electrons. The summed E-state index contributed by atoms with van der Waals surface area (Å²) in [6.45, 7) is 7.32. The summed E-state index contributed by atoms with van der Waals surface area (Å²) in [5, 5.41) is 6.51. The van der Waals surface area contributed by atoms with Crippen LogP contribution < -0.4 is 10.6 Å². The van der Waals surface area contributed by atoms with Crippen molar-refractivity contribution in [3.05, 3.63) is 35.4 Å². The van der Waals surface area contributed by atoms with Gasteiger partial charge < -0.3 is 20.4 Å². The van der Waals surface area contributed by atoms with Gasteiger partial charge in [0.25, 0.3) is 0 Å². The molecule has 1 aromatic rings. The Hall–Kier alpha value is -2.08. The zero-order valence-electron chi connectivity index (χ0n) is 17.4. The lowest BCUT2D eigenvalue weighted by Crippen LogP contribution is -2.46. The van der Waals surface area contributed by atoms with Gasteiger partial charge in [-0.25, -0.2) is 0 Å². The number of nitrogens with one attached hydrogen (secondary N) is 2. The minimum atomic E-state index is 0.125. The van der Waals surface area contributed by atoms with E-state index < -0.39 is 0 Å². The highest BCUT2D eigenvalue weighted by Gasteiger charge is 2.20. The third-order valence-corrected chi connectivity index (χ3v) is 5.97. The molecule has 0 saturated carbocycles. The zero-order valence-corrected chi connectivity index (χ0v) is 17.4. The maximum absolute atomic E-state index is 12.6. The first kappa shape index (κ1) is 20.6. The molecule has 0 aliphatic carbocycles. The molecule has 2 aliphatic heterocycles. The molecule has 0 aromatic heterocycles. The van der Waals surface area contributed by atoms with Crippen molar-refractivity contribution in [2.45, 2.75) is 51.6 Å². The van der Waals surface area contributed by atoms with Crippen LogP contribution in [0.15, 0.2) is 29.3 Å². The maximum Gasteiger partial charge on any atom is 0.242 e. The van der Waals surface area contributed by atoms with Gasteiger partial charge >= 0.3 is 0 Å². The summed E-state index contributed by atoms with van der Waals surface area (Å²) < 4.78 is 0. The number of hydrogen-bond acceptors (Lipinski definition) is 3. The quantitative estimate of drug-likeness (QED) is 0.447. The second-order valence-corrected chi connectivity index (χ2v) is 7.92. The first-order chi connectivity index (χ1) is 13.7. The number of rotatable bonds is 6. The zero-order chi connectivity index (χ0) is 19.8. The molecule has 2 N–H and O–H groups in total. The van der Waals surface area contributed by atoms with Crippen LogP contribution in [0.3, 0.4) is 0 Å². The van der Waals surface area contributed by atoms with Gasteiger partial charge in [-0.1, -0.05) is 30.7 Å². The highest BCUT2D eigenvalue weighted by atomic mass is 16.2. The van der Waals surface area contributed by atoms with E-state index in [1.165, 1.54) is 36.9 Å². The van der Waals surface area contributed by atoms with Crippen molar-refractivity contribution >= 4 is 11.9 Å². The molecule has 3 rings (SSSR count). The molecule has 28 heavy (non-hydrogen) atoms. The van der Waals surface area contributed by atoms with Crippen molar-refractivity contribution < 1.29 is 4.79 Å². The number of aliphatic imine (C=N–C) groups is 1. The molecule has 0 radical (unpaired) electrons. The summed E-state index contributed by atoms with van der Waals surface area (Å²) in [6, 6.07) is 9.09. The second-order valence-electron chi connectivity index (χ2n) is 7.92. The van der Waals surface area contributed by atoms with Gasteiger partial charge in [-0.3, -0.25) is 9.79 Å². The summed E-state index contributed by atoms with van der Waals surface area (Å²) in [4.78, 5) is 21.3. The van der Waals surface area contributed by atoms with E-state index in [4.69, 9.17) is 0 Å². The van der Waals surface area contributed by atoms with E-state index in [0.29, 0.717) is 18.5 Å². The molecule has 1 atom stereocenters. The highest BCUT2D eigenvalue weighted by molar-refractivity contribution is 5.86. The van der Waals surface area contributed by atoms with Crippen LogP contribution in [-0.2, 0) is 17.8 Å². The maximum atomic E-state index is 12.6. The summed E-state index contributed by atoms with van der Waals surface area (Å²) in [5.41, 5.74) is 2.62. The Morgan fingerprint density at radius 1 is 1.18 bits per heavy atom. The largest absolute Gasteiger partial charge is 0.356 e. The number of hydrogen-bond donors (Lipinski definition) is 2. The Bertz CT molecular complexity index is 675. The molecule has 1 amide bonds. The highest BCUT2D eigenvalue weighted by Crippen LogP contribution is 2.18. The topological polar surface area (TPSA) is 60.0 Å². The minimum absolute atomic E-state index is 0.125. The van der Waals surface area contributed by atoms with Crippen LogP contribution in [0.4, 0.5) is 0 Å². The fourth-order valence-corrected chi connectivity index (χ4v) is 4.18. The first-order valence-electron chi connectivity index (χ1n) is 10.7. The molecule has 6 heteroatoms. The first-order valence-corrected chi connectivity index (χ1v) is 10.7. The van der Waals surface area contributed by atoms with Crippen LogP contribution in [0.2, 0.25) is 0 Å². The van der Waals surface area contributed by atoms with Gasteiger partial charge in [0.15, 0.2) is 5.96 Å². The molecular formula is C22H35N5O. The number of amides is 1. The van der Waals surface area contributed by atoms with Crippen molar-refractivity contribution in [2.24, 2.45) is 4.99 Å². The summed E-state index contributed by atoms with van der Waals surface area (Å²) in [5.74, 6) is 0.831. The van der Waals surface area contributed by atoms with E-state index in [-0.39, 0.29) is 12.5 Å². The van der Waals surface area contributed by atoms with Gasteiger partial charge in [0.2, 0.25) is 5.91 Å². The lowest BCUT2D eigenvalue weighted by Gasteiger charge is -2.33. The van der Waals surface area contributed by atoms with Gasteiger partial charge in [0, 0.05) is 39.3 Å². The van der Waals surface area contributed by atoms with Gasteiger partial charge in [-0.2, -0.15) is 0 Å². The normalized spacial score (nSPS) is 20.6. The molecule has 0 spiro atoms. The van der Waals surface area contributed by atoms with Gasteiger partial charge in [0.05, 0.1) is 6.54 Å². The number of carbonyl (C=O) groups is 1. The van der Waals surface area contributed by atoms with E-state index in [0.717, 1.165) is 32.5 Å². The molecule has 2 aliphatic rings. The third kappa shape index (κ3) is 5.71. The number of guanidine groups is 1. The predicted octanol–water partition coefficient (Wildman–Crippen LogP) is 2.00. The average Bonchev–Trinajstić information content (AvgIpc) is 2.73. The van der Waals surface area contributed by atoms with E-state index in [9.17, 15) is 4.79 Å². The Morgan fingerprint density at radius 2 is 2.00 bits per heavy atom. The number of carbonyl (C=O) groups excluding carboxylic acids is 1. The predicted molar refractivity (Wildman–Crippen MR) is 114 cm³/mol. The summed E-state index contributed by atoms with van der Waals surface area (Å²) >= 11 is 0.